The zero-order valence-corrected chi connectivity index (χ0v) is 9.32. The van der Waals surface area contributed by atoms with Crippen LogP contribution in [0.5, 0.6) is 0 Å². The van der Waals surface area contributed by atoms with Crippen molar-refractivity contribution in [3.63, 3.8) is 0 Å². The molecule has 0 spiro atoms. The molecule has 2 rings (SSSR count). The fraction of sp³-hybridized carbons (Fsp3) is 0.727. The van der Waals surface area contributed by atoms with Crippen LogP contribution in [-0.4, -0.2) is 23.9 Å². The zero-order chi connectivity index (χ0) is 10.7. The summed E-state index contributed by atoms with van der Waals surface area (Å²) in [5.74, 6) is 0.888. The Morgan fingerprint density at radius 3 is 3.00 bits per heavy atom. The molecular formula is C11H18N2O2. The normalized spacial score (nSPS) is 26.0. The predicted molar refractivity (Wildman–Crippen MR) is 56.5 cm³/mol. The molecule has 2 atom stereocenters. The van der Waals surface area contributed by atoms with Gasteiger partial charge in [0.1, 0.15) is 0 Å². The predicted octanol–water partition coefficient (Wildman–Crippen LogP) is 1.64. The molecule has 4 nitrogen and oxygen atoms in total. The van der Waals surface area contributed by atoms with Crippen molar-refractivity contribution in [1.29, 1.82) is 0 Å². The van der Waals surface area contributed by atoms with E-state index in [1.165, 1.54) is 6.42 Å². The summed E-state index contributed by atoms with van der Waals surface area (Å²) >= 11 is 0. The topological polar surface area (TPSA) is 47.3 Å². The first-order valence-corrected chi connectivity index (χ1v) is 5.52. The van der Waals surface area contributed by atoms with E-state index in [0.29, 0.717) is 12.2 Å². The summed E-state index contributed by atoms with van der Waals surface area (Å²) in [6.45, 7) is 5.67. The zero-order valence-electron chi connectivity index (χ0n) is 9.32. The molecule has 0 aliphatic carbocycles. The van der Waals surface area contributed by atoms with Crippen LogP contribution >= 0.6 is 0 Å². The van der Waals surface area contributed by atoms with E-state index in [1.807, 2.05) is 13.0 Å². The van der Waals surface area contributed by atoms with Gasteiger partial charge in [0.25, 0.3) is 0 Å². The molecule has 0 bridgehead atoms. The fourth-order valence-electron chi connectivity index (χ4n) is 1.89. The molecule has 2 heterocycles. The van der Waals surface area contributed by atoms with Crippen molar-refractivity contribution in [3.8, 4) is 0 Å². The Morgan fingerprint density at radius 1 is 1.53 bits per heavy atom. The van der Waals surface area contributed by atoms with E-state index in [0.717, 1.165) is 31.0 Å². The molecule has 1 aromatic heterocycles. The lowest BCUT2D eigenvalue weighted by Gasteiger charge is -2.10. The Hall–Kier alpha value is -0.870. The van der Waals surface area contributed by atoms with Crippen molar-refractivity contribution in [2.75, 3.05) is 6.54 Å². The molecule has 1 fully saturated rings. The molecule has 0 amide bonds. The van der Waals surface area contributed by atoms with Crippen molar-refractivity contribution < 1.29 is 9.26 Å². The van der Waals surface area contributed by atoms with Gasteiger partial charge >= 0.3 is 0 Å². The average molecular weight is 210 g/mol. The van der Waals surface area contributed by atoms with Crippen molar-refractivity contribution in [3.05, 3.63) is 17.5 Å². The molecule has 0 aromatic carbocycles. The number of nitrogens with one attached hydrogen (secondary N) is 1. The van der Waals surface area contributed by atoms with Crippen LogP contribution in [0.1, 0.15) is 31.2 Å². The second kappa shape index (κ2) is 4.77. The van der Waals surface area contributed by atoms with Crippen molar-refractivity contribution in [2.45, 2.75) is 45.4 Å². The molecule has 1 aliphatic heterocycles. The highest BCUT2D eigenvalue weighted by Gasteiger charge is 2.20. The molecule has 15 heavy (non-hydrogen) atoms. The Bertz CT molecular complexity index is 311. The molecule has 2 unspecified atom stereocenters. The number of hydrogen-bond donors (Lipinski definition) is 1. The van der Waals surface area contributed by atoms with Crippen LogP contribution in [0.2, 0.25) is 0 Å². The molecule has 1 aromatic rings. The second-order valence-corrected chi connectivity index (χ2v) is 4.21. The number of hydrogen-bond acceptors (Lipinski definition) is 4. The molecule has 0 saturated carbocycles. The van der Waals surface area contributed by atoms with Gasteiger partial charge in [-0.2, -0.15) is 0 Å². The highest BCUT2D eigenvalue weighted by molar-refractivity contribution is 5.02. The summed E-state index contributed by atoms with van der Waals surface area (Å²) in [4.78, 5) is 0. The van der Waals surface area contributed by atoms with Crippen LogP contribution in [0.25, 0.3) is 0 Å². The van der Waals surface area contributed by atoms with Crippen LogP contribution in [0, 0.1) is 6.92 Å². The minimum atomic E-state index is 0.365. The monoisotopic (exact) mass is 210 g/mol. The first-order valence-electron chi connectivity index (χ1n) is 5.52. The summed E-state index contributed by atoms with van der Waals surface area (Å²) in [5.41, 5.74) is 0.928. The third kappa shape index (κ3) is 3.04. The Kier molecular flexibility index (Phi) is 3.38. The SMILES string of the molecule is Cc1cc(CNCC2CCC(C)O2)on1. The van der Waals surface area contributed by atoms with Crippen LogP contribution < -0.4 is 5.32 Å². The van der Waals surface area contributed by atoms with E-state index in [1.54, 1.807) is 0 Å². The van der Waals surface area contributed by atoms with E-state index in [2.05, 4.69) is 17.4 Å². The second-order valence-electron chi connectivity index (χ2n) is 4.21. The van der Waals surface area contributed by atoms with Gasteiger partial charge in [-0.15, -0.1) is 0 Å². The van der Waals surface area contributed by atoms with Gasteiger partial charge in [-0.3, -0.25) is 0 Å². The maximum atomic E-state index is 5.70. The number of aryl methyl sites for hydroxylation is 1. The van der Waals surface area contributed by atoms with E-state index >= 15 is 0 Å². The maximum absolute atomic E-state index is 5.70. The van der Waals surface area contributed by atoms with Gasteiger partial charge in [0.05, 0.1) is 24.4 Å². The lowest BCUT2D eigenvalue weighted by atomic mass is 10.2. The van der Waals surface area contributed by atoms with Gasteiger partial charge in [-0.1, -0.05) is 5.16 Å². The van der Waals surface area contributed by atoms with Crippen molar-refractivity contribution in [2.24, 2.45) is 0 Å². The molecule has 84 valence electrons. The molecular weight excluding hydrogens is 192 g/mol. The third-order valence-corrected chi connectivity index (χ3v) is 2.67. The molecule has 1 aliphatic rings. The number of rotatable bonds is 4. The van der Waals surface area contributed by atoms with E-state index < -0.39 is 0 Å². The number of ether oxygens (including phenoxy) is 1. The molecule has 1 N–H and O–H groups in total. The molecule has 4 heteroatoms. The summed E-state index contributed by atoms with van der Waals surface area (Å²) < 4.78 is 10.8. The van der Waals surface area contributed by atoms with Gasteiger partial charge in [0.15, 0.2) is 5.76 Å². The highest BCUT2D eigenvalue weighted by atomic mass is 16.5. The minimum Gasteiger partial charge on any atom is -0.374 e. The summed E-state index contributed by atoms with van der Waals surface area (Å²) in [5, 5.41) is 7.15. The third-order valence-electron chi connectivity index (χ3n) is 2.67. The lowest BCUT2D eigenvalue weighted by molar-refractivity contribution is 0.0556. The maximum Gasteiger partial charge on any atom is 0.150 e. The number of aromatic nitrogens is 1. The van der Waals surface area contributed by atoms with E-state index in [9.17, 15) is 0 Å². The van der Waals surface area contributed by atoms with E-state index in [-0.39, 0.29) is 0 Å². The average Bonchev–Trinajstić information content (AvgIpc) is 2.76. The van der Waals surface area contributed by atoms with Gasteiger partial charge < -0.3 is 14.6 Å². The molecule has 1 saturated heterocycles. The smallest absolute Gasteiger partial charge is 0.150 e. The highest BCUT2D eigenvalue weighted by Crippen LogP contribution is 2.18. The number of nitrogens with zero attached hydrogens (tertiary/aromatic N) is 1. The Balaban J connectivity index is 1.67. The van der Waals surface area contributed by atoms with Gasteiger partial charge in [0, 0.05) is 12.6 Å². The fourth-order valence-corrected chi connectivity index (χ4v) is 1.89. The minimum absolute atomic E-state index is 0.365. The van der Waals surface area contributed by atoms with Gasteiger partial charge in [-0.05, 0) is 26.7 Å². The lowest BCUT2D eigenvalue weighted by Crippen LogP contribution is -2.26. The van der Waals surface area contributed by atoms with Crippen LogP contribution in [0.15, 0.2) is 10.6 Å². The Labute approximate surface area is 90.0 Å². The summed E-state index contributed by atoms with van der Waals surface area (Å²) in [6.07, 6.45) is 3.12. The van der Waals surface area contributed by atoms with Crippen LogP contribution in [-0.2, 0) is 11.3 Å². The summed E-state index contributed by atoms with van der Waals surface area (Å²) in [6, 6.07) is 1.95. The van der Waals surface area contributed by atoms with Gasteiger partial charge in [-0.25, -0.2) is 0 Å². The largest absolute Gasteiger partial charge is 0.374 e. The van der Waals surface area contributed by atoms with Crippen LogP contribution in [0.3, 0.4) is 0 Å². The van der Waals surface area contributed by atoms with E-state index in [4.69, 9.17) is 9.26 Å². The summed E-state index contributed by atoms with van der Waals surface area (Å²) in [7, 11) is 0. The van der Waals surface area contributed by atoms with Gasteiger partial charge in [0.2, 0.25) is 0 Å². The standard InChI is InChI=1S/C11H18N2O2/c1-8-5-11(15-13-8)7-12-6-10-4-3-9(2)14-10/h5,9-10,12H,3-4,6-7H2,1-2H3. The first kappa shape index (κ1) is 10.6. The van der Waals surface area contributed by atoms with Crippen molar-refractivity contribution in [1.82, 2.24) is 10.5 Å². The quantitative estimate of drug-likeness (QED) is 0.820. The first-order chi connectivity index (χ1) is 7.24. The molecule has 0 radical (unpaired) electrons. The Morgan fingerprint density at radius 2 is 2.40 bits per heavy atom. The van der Waals surface area contributed by atoms with Crippen molar-refractivity contribution >= 4 is 0 Å². The van der Waals surface area contributed by atoms with Crippen LogP contribution in [0.4, 0.5) is 0 Å².